The maximum atomic E-state index is 12.8. The molecule has 9 heteroatoms. The van der Waals surface area contributed by atoms with Crippen molar-refractivity contribution in [1.82, 2.24) is 10.6 Å². The molecule has 2 N–H and O–H groups in total. The van der Waals surface area contributed by atoms with Crippen molar-refractivity contribution in [3.8, 4) is 5.75 Å². The predicted molar refractivity (Wildman–Crippen MR) is 115 cm³/mol. The van der Waals surface area contributed by atoms with E-state index in [1.54, 1.807) is 0 Å². The minimum atomic E-state index is -4.37. The Morgan fingerprint density at radius 1 is 1.12 bits per heavy atom. The molecule has 5 unspecified atom stereocenters. The molecule has 1 aromatic carbocycles. The molecule has 3 rings (SSSR count). The van der Waals surface area contributed by atoms with E-state index >= 15 is 0 Å². The third-order valence-electron chi connectivity index (χ3n) is 6.86. The van der Waals surface area contributed by atoms with E-state index in [-0.39, 0.29) is 30.5 Å². The van der Waals surface area contributed by atoms with Crippen molar-refractivity contribution in [3.05, 3.63) is 29.8 Å². The molecule has 0 aliphatic heterocycles. The number of alkyl halides is 5. The largest absolute Gasteiger partial charge is 0.490 e. The predicted octanol–water partition coefficient (Wildman–Crippen LogP) is 5.42. The van der Waals surface area contributed by atoms with Crippen molar-refractivity contribution < 1.29 is 31.5 Å². The Labute approximate surface area is 191 Å². The van der Waals surface area contributed by atoms with Crippen LogP contribution in [0.4, 0.5) is 22.0 Å². The van der Waals surface area contributed by atoms with Gasteiger partial charge in [-0.1, -0.05) is 0 Å². The number of halogens is 5. The average molecular weight is 477 g/mol. The zero-order valence-electron chi connectivity index (χ0n) is 18.8. The van der Waals surface area contributed by atoms with Crippen molar-refractivity contribution in [2.75, 3.05) is 13.1 Å². The van der Waals surface area contributed by atoms with Crippen LogP contribution in [0.1, 0.15) is 57.4 Å². The van der Waals surface area contributed by atoms with E-state index in [1.165, 1.54) is 12.1 Å². The van der Waals surface area contributed by atoms with Gasteiger partial charge in [0, 0.05) is 12.0 Å². The van der Waals surface area contributed by atoms with Gasteiger partial charge in [-0.15, -0.1) is 0 Å². The van der Waals surface area contributed by atoms with Gasteiger partial charge in [0.2, 0.25) is 5.91 Å². The fraction of sp³-hybridized carbons (Fsp3) is 0.708. The van der Waals surface area contributed by atoms with Gasteiger partial charge in [0.05, 0.1) is 12.1 Å². The van der Waals surface area contributed by atoms with Crippen LogP contribution in [0.5, 0.6) is 5.75 Å². The SMILES string of the molecule is CC(CCNCC(F)F)NC(=O)C1CCC2C(CCCC2Oc2ccc(C(F)(F)F)cc2)C1. The highest BCUT2D eigenvalue weighted by Crippen LogP contribution is 2.44. The molecule has 5 atom stereocenters. The van der Waals surface area contributed by atoms with Gasteiger partial charge < -0.3 is 15.4 Å². The summed E-state index contributed by atoms with van der Waals surface area (Å²) >= 11 is 0. The first kappa shape index (κ1) is 25.7. The normalized spacial score (nSPS) is 26.5. The van der Waals surface area contributed by atoms with Gasteiger partial charge in [0.1, 0.15) is 11.9 Å². The van der Waals surface area contributed by atoms with E-state index in [0.29, 0.717) is 30.6 Å². The van der Waals surface area contributed by atoms with Gasteiger partial charge in [0.25, 0.3) is 6.43 Å². The van der Waals surface area contributed by atoms with Crippen molar-refractivity contribution in [1.29, 1.82) is 0 Å². The molecule has 186 valence electrons. The van der Waals surface area contributed by atoms with Crippen molar-refractivity contribution in [2.45, 2.75) is 76.6 Å². The molecule has 2 saturated carbocycles. The monoisotopic (exact) mass is 476 g/mol. The Balaban J connectivity index is 1.48. The quantitative estimate of drug-likeness (QED) is 0.370. The summed E-state index contributed by atoms with van der Waals surface area (Å²) in [5.74, 6) is 1.03. The summed E-state index contributed by atoms with van der Waals surface area (Å²) < 4.78 is 68.8. The Morgan fingerprint density at radius 2 is 1.85 bits per heavy atom. The second kappa shape index (κ2) is 11.5. The van der Waals surface area contributed by atoms with Crippen LogP contribution >= 0.6 is 0 Å². The molecule has 1 aromatic rings. The zero-order chi connectivity index (χ0) is 24.0. The molecule has 0 bridgehead atoms. The lowest BCUT2D eigenvalue weighted by molar-refractivity contribution is -0.137. The molecule has 0 spiro atoms. The molecular weight excluding hydrogens is 443 g/mol. The molecular formula is C24H33F5N2O2. The summed E-state index contributed by atoms with van der Waals surface area (Å²) in [6.45, 7) is 1.95. The van der Waals surface area contributed by atoms with E-state index in [1.807, 2.05) is 6.92 Å². The minimum absolute atomic E-state index is 0.0144. The zero-order valence-corrected chi connectivity index (χ0v) is 18.8. The van der Waals surface area contributed by atoms with Crippen LogP contribution in [0.25, 0.3) is 0 Å². The molecule has 0 heterocycles. The number of hydrogen-bond donors (Lipinski definition) is 2. The van der Waals surface area contributed by atoms with Gasteiger partial charge in [-0.2, -0.15) is 13.2 Å². The Morgan fingerprint density at radius 3 is 2.52 bits per heavy atom. The average Bonchev–Trinajstić information content (AvgIpc) is 2.76. The van der Waals surface area contributed by atoms with Crippen LogP contribution < -0.4 is 15.4 Å². The first-order chi connectivity index (χ1) is 15.6. The van der Waals surface area contributed by atoms with Gasteiger partial charge in [-0.3, -0.25) is 4.79 Å². The van der Waals surface area contributed by atoms with Gasteiger partial charge in [0.15, 0.2) is 0 Å². The number of amides is 1. The number of hydrogen-bond acceptors (Lipinski definition) is 3. The lowest BCUT2D eigenvalue weighted by Crippen LogP contribution is -2.45. The summed E-state index contributed by atoms with van der Waals surface area (Å²) in [6.07, 6.45) is -0.998. The number of carbonyl (C=O) groups excluding carboxylic acids is 1. The van der Waals surface area contributed by atoms with Crippen LogP contribution in [-0.4, -0.2) is 37.6 Å². The molecule has 0 saturated heterocycles. The van der Waals surface area contributed by atoms with Crippen molar-refractivity contribution in [2.24, 2.45) is 17.8 Å². The maximum Gasteiger partial charge on any atom is 0.416 e. The van der Waals surface area contributed by atoms with Crippen LogP contribution in [0.3, 0.4) is 0 Å². The number of fused-ring (bicyclic) bond motifs is 1. The van der Waals surface area contributed by atoms with Crippen LogP contribution in [-0.2, 0) is 11.0 Å². The van der Waals surface area contributed by atoms with Gasteiger partial charge in [-0.25, -0.2) is 8.78 Å². The van der Waals surface area contributed by atoms with Crippen molar-refractivity contribution in [3.63, 3.8) is 0 Å². The van der Waals surface area contributed by atoms with E-state index in [4.69, 9.17) is 4.74 Å². The molecule has 2 fully saturated rings. The van der Waals surface area contributed by atoms with E-state index < -0.39 is 18.2 Å². The third-order valence-corrected chi connectivity index (χ3v) is 6.86. The lowest BCUT2D eigenvalue weighted by atomic mass is 9.66. The minimum Gasteiger partial charge on any atom is -0.490 e. The second-order valence-electron chi connectivity index (χ2n) is 9.34. The van der Waals surface area contributed by atoms with Crippen LogP contribution in [0.15, 0.2) is 24.3 Å². The molecule has 0 radical (unpaired) electrons. The Hall–Kier alpha value is -1.90. The molecule has 2 aliphatic carbocycles. The summed E-state index contributed by atoms with van der Waals surface area (Å²) in [7, 11) is 0. The first-order valence-electron chi connectivity index (χ1n) is 11.8. The first-order valence-corrected chi connectivity index (χ1v) is 11.8. The van der Waals surface area contributed by atoms with Crippen LogP contribution in [0, 0.1) is 17.8 Å². The highest BCUT2D eigenvalue weighted by atomic mass is 19.4. The summed E-state index contributed by atoms with van der Waals surface area (Å²) in [5.41, 5.74) is -0.693. The number of benzene rings is 1. The fourth-order valence-corrected chi connectivity index (χ4v) is 5.15. The van der Waals surface area contributed by atoms with Gasteiger partial charge >= 0.3 is 6.18 Å². The smallest absolute Gasteiger partial charge is 0.416 e. The topological polar surface area (TPSA) is 50.4 Å². The number of nitrogens with one attached hydrogen (secondary N) is 2. The number of rotatable bonds is 9. The lowest BCUT2D eigenvalue weighted by Gasteiger charge is -2.43. The standard InChI is InChI=1S/C24H33F5N2O2/c1-15(11-12-30-14-22(25)26)31-23(32)17-5-10-20-16(13-17)3-2-4-21(20)33-19-8-6-18(7-9-19)24(27,28)29/h6-9,15-17,20-22,30H,2-5,10-14H2,1H3,(H,31,32). The molecule has 2 aliphatic rings. The van der Waals surface area contributed by atoms with Crippen LogP contribution in [0.2, 0.25) is 0 Å². The Bertz CT molecular complexity index is 756. The molecule has 1 amide bonds. The van der Waals surface area contributed by atoms with Gasteiger partial charge in [-0.05, 0) is 94.5 Å². The van der Waals surface area contributed by atoms with E-state index in [2.05, 4.69) is 10.6 Å². The van der Waals surface area contributed by atoms with Crippen molar-refractivity contribution >= 4 is 5.91 Å². The second-order valence-corrected chi connectivity index (χ2v) is 9.34. The molecule has 33 heavy (non-hydrogen) atoms. The third kappa shape index (κ3) is 7.55. The highest BCUT2D eigenvalue weighted by molar-refractivity contribution is 5.79. The summed E-state index contributed by atoms with van der Waals surface area (Å²) in [6, 6.07) is 4.75. The maximum absolute atomic E-state index is 12.8. The van der Waals surface area contributed by atoms with E-state index in [0.717, 1.165) is 50.7 Å². The molecule has 4 nitrogen and oxygen atoms in total. The highest BCUT2D eigenvalue weighted by Gasteiger charge is 2.41. The number of ether oxygens (including phenoxy) is 1. The molecule has 0 aromatic heterocycles. The number of carbonyl (C=O) groups is 1. The summed E-state index contributed by atoms with van der Waals surface area (Å²) in [5, 5.41) is 5.68. The fourth-order valence-electron chi connectivity index (χ4n) is 5.15. The summed E-state index contributed by atoms with van der Waals surface area (Å²) in [4.78, 5) is 12.7. The van der Waals surface area contributed by atoms with E-state index in [9.17, 15) is 26.7 Å². The Kier molecular flexibility index (Phi) is 8.95.